The van der Waals surface area contributed by atoms with Gasteiger partial charge in [-0.1, -0.05) is 0 Å². The lowest BCUT2D eigenvalue weighted by Crippen LogP contribution is -2.38. The van der Waals surface area contributed by atoms with Gasteiger partial charge in [-0.05, 0) is 26.7 Å². The Morgan fingerprint density at radius 1 is 1.29 bits per heavy atom. The second-order valence-corrected chi connectivity index (χ2v) is 5.53. The highest BCUT2D eigenvalue weighted by Gasteiger charge is 2.22. The highest BCUT2D eigenvalue weighted by Crippen LogP contribution is 2.18. The van der Waals surface area contributed by atoms with E-state index in [1.165, 1.54) is 5.69 Å². The van der Waals surface area contributed by atoms with E-state index < -0.39 is 0 Å². The molecule has 1 N–H and O–H groups in total. The van der Waals surface area contributed by atoms with Crippen LogP contribution in [0.5, 0.6) is 5.88 Å². The van der Waals surface area contributed by atoms with Crippen molar-refractivity contribution in [3.63, 3.8) is 0 Å². The van der Waals surface area contributed by atoms with Crippen LogP contribution in [0.25, 0.3) is 0 Å². The zero-order chi connectivity index (χ0) is 14.7. The van der Waals surface area contributed by atoms with E-state index in [1.807, 2.05) is 6.92 Å². The molecule has 2 aromatic heterocycles. The van der Waals surface area contributed by atoms with Crippen LogP contribution in [0.3, 0.4) is 0 Å². The molecule has 0 unspecified atom stereocenters. The van der Waals surface area contributed by atoms with Gasteiger partial charge in [0.2, 0.25) is 5.88 Å². The van der Waals surface area contributed by atoms with E-state index in [4.69, 9.17) is 4.74 Å². The van der Waals surface area contributed by atoms with Crippen molar-refractivity contribution in [1.29, 1.82) is 0 Å². The van der Waals surface area contributed by atoms with Gasteiger partial charge >= 0.3 is 0 Å². The number of nitrogens with zero attached hydrogens (tertiary/aromatic N) is 4. The van der Waals surface area contributed by atoms with Crippen molar-refractivity contribution in [2.24, 2.45) is 0 Å². The van der Waals surface area contributed by atoms with E-state index in [1.54, 1.807) is 18.6 Å². The summed E-state index contributed by atoms with van der Waals surface area (Å²) in [4.78, 5) is 18.4. The average molecular weight is 287 g/mol. The third-order valence-corrected chi connectivity index (χ3v) is 3.84. The molecule has 3 rings (SSSR count). The number of likely N-dealkylation sites (tertiary alicyclic amines) is 1. The van der Waals surface area contributed by atoms with Gasteiger partial charge < -0.3 is 9.72 Å². The summed E-state index contributed by atoms with van der Waals surface area (Å²) in [6, 6.07) is 0. The first-order chi connectivity index (χ1) is 10.2. The number of hydrogen-bond donors (Lipinski definition) is 1. The summed E-state index contributed by atoms with van der Waals surface area (Å²) in [6.07, 6.45) is 7.25. The number of nitrogens with one attached hydrogen (secondary N) is 1. The highest BCUT2D eigenvalue weighted by atomic mass is 16.5. The molecule has 6 nitrogen and oxygen atoms in total. The molecule has 1 saturated heterocycles. The van der Waals surface area contributed by atoms with Gasteiger partial charge in [-0.25, -0.2) is 9.97 Å². The predicted molar refractivity (Wildman–Crippen MR) is 79.0 cm³/mol. The number of H-pyrrole nitrogens is 1. The van der Waals surface area contributed by atoms with Gasteiger partial charge in [0, 0.05) is 37.7 Å². The van der Waals surface area contributed by atoms with E-state index in [-0.39, 0.29) is 6.10 Å². The molecule has 0 spiro atoms. The Labute approximate surface area is 124 Å². The summed E-state index contributed by atoms with van der Waals surface area (Å²) < 4.78 is 5.86. The summed E-state index contributed by atoms with van der Waals surface area (Å²) >= 11 is 0. The van der Waals surface area contributed by atoms with Gasteiger partial charge in [0.15, 0.2) is 0 Å². The first-order valence-electron chi connectivity index (χ1n) is 7.38. The fraction of sp³-hybridized carbons (Fsp3) is 0.533. The second-order valence-electron chi connectivity index (χ2n) is 5.53. The van der Waals surface area contributed by atoms with Crippen LogP contribution in [-0.4, -0.2) is 44.0 Å². The Morgan fingerprint density at radius 3 is 2.71 bits per heavy atom. The molecule has 1 fully saturated rings. The van der Waals surface area contributed by atoms with E-state index in [2.05, 4.69) is 31.8 Å². The SMILES string of the molecule is Cc1nc(CN2CCC(Oc3cnccn3)CC2)c(C)[nH]1. The summed E-state index contributed by atoms with van der Waals surface area (Å²) in [5, 5.41) is 0. The van der Waals surface area contributed by atoms with Crippen molar-refractivity contribution < 1.29 is 4.74 Å². The maximum Gasteiger partial charge on any atom is 0.232 e. The molecule has 0 atom stereocenters. The van der Waals surface area contributed by atoms with Crippen LogP contribution in [0.15, 0.2) is 18.6 Å². The number of imidazole rings is 1. The van der Waals surface area contributed by atoms with Crippen molar-refractivity contribution in [1.82, 2.24) is 24.8 Å². The molecule has 0 bridgehead atoms. The molecule has 0 amide bonds. The number of hydrogen-bond acceptors (Lipinski definition) is 5. The average Bonchev–Trinajstić information content (AvgIpc) is 2.80. The molecular weight excluding hydrogens is 266 g/mol. The van der Waals surface area contributed by atoms with Crippen LogP contribution >= 0.6 is 0 Å². The fourth-order valence-corrected chi connectivity index (χ4v) is 2.73. The van der Waals surface area contributed by atoms with Crippen molar-refractivity contribution in [2.75, 3.05) is 13.1 Å². The minimum absolute atomic E-state index is 0.236. The van der Waals surface area contributed by atoms with E-state index in [0.29, 0.717) is 5.88 Å². The highest BCUT2D eigenvalue weighted by molar-refractivity contribution is 5.12. The van der Waals surface area contributed by atoms with Crippen LogP contribution in [0.4, 0.5) is 0 Å². The van der Waals surface area contributed by atoms with Gasteiger partial charge in [-0.2, -0.15) is 0 Å². The van der Waals surface area contributed by atoms with Crippen LogP contribution in [-0.2, 0) is 6.54 Å². The second kappa shape index (κ2) is 6.22. The fourth-order valence-electron chi connectivity index (χ4n) is 2.73. The maximum atomic E-state index is 5.86. The summed E-state index contributed by atoms with van der Waals surface area (Å²) in [5.41, 5.74) is 2.33. The van der Waals surface area contributed by atoms with Crippen LogP contribution < -0.4 is 4.74 Å². The Kier molecular flexibility index (Phi) is 4.15. The summed E-state index contributed by atoms with van der Waals surface area (Å²) in [7, 11) is 0. The quantitative estimate of drug-likeness (QED) is 0.929. The Balaban J connectivity index is 1.50. The van der Waals surface area contributed by atoms with Gasteiger partial charge in [0.05, 0.1) is 11.9 Å². The summed E-state index contributed by atoms with van der Waals surface area (Å²) in [5.74, 6) is 1.61. The lowest BCUT2D eigenvalue weighted by Gasteiger charge is -2.31. The molecule has 0 radical (unpaired) electrons. The maximum absolute atomic E-state index is 5.86. The Hall–Kier alpha value is -1.95. The Bertz CT molecular complexity index is 575. The standard InChI is InChI=1S/C15H21N5O/c1-11-14(19-12(2)18-11)10-20-7-3-13(4-8-20)21-15-9-16-5-6-17-15/h5-6,9,13H,3-4,7-8,10H2,1-2H3,(H,18,19). The van der Waals surface area contributed by atoms with Crippen molar-refractivity contribution in [2.45, 2.75) is 39.3 Å². The molecule has 1 aliphatic rings. The van der Waals surface area contributed by atoms with Gasteiger partial charge in [-0.15, -0.1) is 0 Å². The third kappa shape index (κ3) is 3.58. The molecule has 1 aliphatic heterocycles. The van der Waals surface area contributed by atoms with Gasteiger partial charge in [0.25, 0.3) is 0 Å². The molecule has 0 aliphatic carbocycles. The third-order valence-electron chi connectivity index (χ3n) is 3.84. The molecular formula is C15H21N5O. The Morgan fingerprint density at radius 2 is 2.10 bits per heavy atom. The van der Waals surface area contributed by atoms with Gasteiger partial charge in [-0.3, -0.25) is 9.88 Å². The number of aromatic nitrogens is 4. The van der Waals surface area contributed by atoms with Crippen LogP contribution in [0, 0.1) is 13.8 Å². The number of rotatable bonds is 4. The van der Waals surface area contributed by atoms with Crippen molar-refractivity contribution in [3.8, 4) is 5.88 Å². The first kappa shape index (κ1) is 14.0. The van der Waals surface area contributed by atoms with Crippen LogP contribution in [0.2, 0.25) is 0 Å². The number of ether oxygens (including phenoxy) is 1. The topological polar surface area (TPSA) is 66.9 Å². The van der Waals surface area contributed by atoms with E-state index >= 15 is 0 Å². The molecule has 21 heavy (non-hydrogen) atoms. The molecule has 2 aromatic rings. The minimum atomic E-state index is 0.236. The molecule has 6 heteroatoms. The van der Waals surface area contributed by atoms with Gasteiger partial charge in [0.1, 0.15) is 11.9 Å². The predicted octanol–water partition coefficient (Wildman–Crippen LogP) is 1.86. The lowest BCUT2D eigenvalue weighted by atomic mass is 10.1. The van der Waals surface area contributed by atoms with Crippen LogP contribution in [0.1, 0.15) is 30.1 Å². The van der Waals surface area contributed by atoms with E-state index in [9.17, 15) is 0 Å². The van der Waals surface area contributed by atoms with E-state index in [0.717, 1.165) is 44.0 Å². The molecule has 0 aromatic carbocycles. The number of aromatic amines is 1. The number of aryl methyl sites for hydroxylation is 2. The minimum Gasteiger partial charge on any atom is -0.473 e. The van der Waals surface area contributed by atoms with Crippen molar-refractivity contribution in [3.05, 3.63) is 35.8 Å². The molecule has 112 valence electrons. The normalized spacial score (nSPS) is 17.0. The number of piperidine rings is 1. The zero-order valence-corrected chi connectivity index (χ0v) is 12.5. The zero-order valence-electron chi connectivity index (χ0n) is 12.5. The van der Waals surface area contributed by atoms with Crippen molar-refractivity contribution >= 4 is 0 Å². The first-order valence-corrected chi connectivity index (χ1v) is 7.38. The monoisotopic (exact) mass is 287 g/mol. The largest absolute Gasteiger partial charge is 0.473 e. The summed E-state index contributed by atoms with van der Waals surface area (Å²) in [6.45, 7) is 7.04. The lowest BCUT2D eigenvalue weighted by molar-refractivity contribution is 0.0922. The molecule has 3 heterocycles. The molecule has 0 saturated carbocycles. The smallest absolute Gasteiger partial charge is 0.232 e.